The molecular formula is C20H23NO4. The molecule has 5 nitrogen and oxygen atoms in total. The van der Waals surface area contributed by atoms with E-state index in [2.05, 4.69) is 5.32 Å². The van der Waals surface area contributed by atoms with Gasteiger partial charge in [-0.2, -0.15) is 0 Å². The van der Waals surface area contributed by atoms with Crippen LogP contribution in [0.15, 0.2) is 48.5 Å². The standard InChI is InChI=1S/C20H23NO4/c1-13(18(22)23)14-6-5-7-16(12-14)21-19(24)20(2,3)15-8-10-17(25-4)11-9-15/h5-13H,1-4H3,(H,21,24)(H,22,23). The van der Waals surface area contributed by atoms with Crippen molar-refractivity contribution >= 4 is 17.6 Å². The first-order chi connectivity index (χ1) is 11.8. The van der Waals surface area contributed by atoms with E-state index in [9.17, 15) is 9.59 Å². The smallest absolute Gasteiger partial charge is 0.310 e. The van der Waals surface area contributed by atoms with Crippen LogP contribution in [0.2, 0.25) is 0 Å². The number of aliphatic carboxylic acids is 1. The fourth-order valence-corrected chi connectivity index (χ4v) is 2.45. The number of carboxylic acid groups (broad SMARTS) is 1. The highest BCUT2D eigenvalue weighted by Gasteiger charge is 2.30. The summed E-state index contributed by atoms with van der Waals surface area (Å²) in [5, 5.41) is 12.0. The number of hydrogen-bond donors (Lipinski definition) is 2. The van der Waals surface area contributed by atoms with E-state index in [0.29, 0.717) is 11.3 Å². The summed E-state index contributed by atoms with van der Waals surface area (Å²) >= 11 is 0. The van der Waals surface area contributed by atoms with Gasteiger partial charge in [0.2, 0.25) is 5.91 Å². The summed E-state index contributed by atoms with van der Waals surface area (Å²) in [4.78, 5) is 23.9. The molecule has 0 aliphatic heterocycles. The van der Waals surface area contributed by atoms with Gasteiger partial charge in [-0.25, -0.2) is 0 Å². The summed E-state index contributed by atoms with van der Waals surface area (Å²) in [6.45, 7) is 5.30. The number of anilines is 1. The lowest BCUT2D eigenvalue weighted by molar-refractivity contribution is -0.138. The molecule has 0 spiro atoms. The van der Waals surface area contributed by atoms with Crippen LogP contribution in [0.4, 0.5) is 5.69 Å². The van der Waals surface area contributed by atoms with Crippen molar-refractivity contribution in [2.24, 2.45) is 0 Å². The third-order valence-corrected chi connectivity index (χ3v) is 4.39. The van der Waals surface area contributed by atoms with E-state index in [0.717, 1.165) is 11.3 Å². The molecular weight excluding hydrogens is 318 g/mol. The molecule has 1 atom stereocenters. The quantitative estimate of drug-likeness (QED) is 0.838. The van der Waals surface area contributed by atoms with Crippen molar-refractivity contribution in [1.82, 2.24) is 0 Å². The van der Waals surface area contributed by atoms with Crippen LogP contribution >= 0.6 is 0 Å². The van der Waals surface area contributed by atoms with Crippen LogP contribution < -0.4 is 10.1 Å². The van der Waals surface area contributed by atoms with Crippen molar-refractivity contribution in [1.29, 1.82) is 0 Å². The number of hydrogen-bond acceptors (Lipinski definition) is 3. The molecule has 0 heterocycles. The molecule has 2 rings (SSSR count). The topological polar surface area (TPSA) is 75.6 Å². The van der Waals surface area contributed by atoms with Crippen LogP contribution in [0.1, 0.15) is 37.8 Å². The lowest BCUT2D eigenvalue weighted by atomic mass is 9.83. The van der Waals surface area contributed by atoms with Crippen molar-refractivity contribution in [3.05, 3.63) is 59.7 Å². The Hall–Kier alpha value is -2.82. The summed E-state index contributed by atoms with van der Waals surface area (Å²) in [5.74, 6) is -0.971. The van der Waals surface area contributed by atoms with Gasteiger partial charge < -0.3 is 15.2 Å². The molecule has 0 fully saturated rings. The highest BCUT2D eigenvalue weighted by atomic mass is 16.5. The molecule has 5 heteroatoms. The Morgan fingerprint density at radius 2 is 1.76 bits per heavy atom. The first kappa shape index (κ1) is 18.5. The highest BCUT2D eigenvalue weighted by molar-refractivity contribution is 5.98. The lowest BCUT2D eigenvalue weighted by Gasteiger charge is -2.24. The van der Waals surface area contributed by atoms with Gasteiger partial charge in [0.25, 0.3) is 0 Å². The van der Waals surface area contributed by atoms with Gasteiger partial charge in [0.1, 0.15) is 5.75 Å². The zero-order valence-electron chi connectivity index (χ0n) is 14.9. The van der Waals surface area contributed by atoms with Crippen LogP contribution in [-0.4, -0.2) is 24.1 Å². The molecule has 2 N–H and O–H groups in total. The first-order valence-corrected chi connectivity index (χ1v) is 8.04. The maximum absolute atomic E-state index is 12.7. The normalized spacial score (nSPS) is 12.3. The van der Waals surface area contributed by atoms with Crippen LogP contribution in [0.5, 0.6) is 5.75 Å². The fraction of sp³-hybridized carbons (Fsp3) is 0.300. The Labute approximate surface area is 147 Å². The van der Waals surface area contributed by atoms with Gasteiger partial charge in [0.05, 0.1) is 18.4 Å². The number of carboxylic acids is 1. The maximum atomic E-state index is 12.7. The predicted octanol–water partition coefficient (Wildman–Crippen LogP) is 3.80. The molecule has 2 aromatic rings. The van der Waals surface area contributed by atoms with E-state index in [1.807, 2.05) is 38.1 Å². The van der Waals surface area contributed by atoms with E-state index in [1.165, 1.54) is 0 Å². The number of benzene rings is 2. The van der Waals surface area contributed by atoms with E-state index >= 15 is 0 Å². The largest absolute Gasteiger partial charge is 0.497 e. The lowest BCUT2D eigenvalue weighted by Crippen LogP contribution is -2.34. The molecule has 0 radical (unpaired) electrons. The third-order valence-electron chi connectivity index (χ3n) is 4.39. The molecule has 0 saturated heterocycles. The van der Waals surface area contributed by atoms with E-state index < -0.39 is 17.3 Å². The van der Waals surface area contributed by atoms with Crippen molar-refractivity contribution in [3.8, 4) is 5.75 Å². The molecule has 0 aliphatic rings. The first-order valence-electron chi connectivity index (χ1n) is 8.04. The Balaban J connectivity index is 2.20. The molecule has 0 saturated carbocycles. The van der Waals surface area contributed by atoms with Gasteiger partial charge in [-0.1, -0.05) is 24.3 Å². The summed E-state index contributed by atoms with van der Waals surface area (Å²) in [6, 6.07) is 14.3. The van der Waals surface area contributed by atoms with Gasteiger partial charge in [-0.3, -0.25) is 9.59 Å². The van der Waals surface area contributed by atoms with Crippen molar-refractivity contribution in [2.75, 3.05) is 12.4 Å². The van der Waals surface area contributed by atoms with E-state index in [1.54, 1.807) is 38.3 Å². The third kappa shape index (κ3) is 4.18. The molecule has 0 aliphatic carbocycles. The molecule has 25 heavy (non-hydrogen) atoms. The second-order valence-electron chi connectivity index (χ2n) is 6.49. The SMILES string of the molecule is COc1ccc(C(C)(C)C(=O)Nc2cccc(C(C)C(=O)O)c2)cc1. The Morgan fingerprint density at radius 3 is 2.32 bits per heavy atom. The number of ether oxygens (including phenoxy) is 1. The number of amides is 1. The second-order valence-corrected chi connectivity index (χ2v) is 6.49. The van der Waals surface area contributed by atoms with Crippen LogP contribution in [0, 0.1) is 0 Å². The minimum atomic E-state index is -0.901. The molecule has 2 aromatic carbocycles. The number of nitrogens with one attached hydrogen (secondary N) is 1. The summed E-state index contributed by atoms with van der Waals surface area (Å²) < 4.78 is 5.14. The van der Waals surface area contributed by atoms with Gasteiger partial charge in [-0.15, -0.1) is 0 Å². The van der Waals surface area contributed by atoms with Gasteiger partial charge >= 0.3 is 5.97 Å². The summed E-state index contributed by atoms with van der Waals surface area (Å²) in [7, 11) is 1.60. The molecule has 1 amide bonds. The molecule has 0 bridgehead atoms. The average Bonchev–Trinajstić information content (AvgIpc) is 2.61. The number of methoxy groups -OCH3 is 1. The fourth-order valence-electron chi connectivity index (χ4n) is 2.45. The minimum absolute atomic E-state index is 0.169. The summed E-state index contributed by atoms with van der Waals surface area (Å²) in [5.41, 5.74) is 1.34. The number of carbonyl (C=O) groups excluding carboxylic acids is 1. The van der Waals surface area contributed by atoms with Crippen LogP contribution in [0.25, 0.3) is 0 Å². The van der Waals surface area contributed by atoms with E-state index in [-0.39, 0.29) is 5.91 Å². The van der Waals surface area contributed by atoms with Crippen LogP contribution in [-0.2, 0) is 15.0 Å². The Bertz CT molecular complexity index is 766. The van der Waals surface area contributed by atoms with Crippen LogP contribution in [0.3, 0.4) is 0 Å². The minimum Gasteiger partial charge on any atom is -0.497 e. The summed E-state index contributed by atoms with van der Waals surface area (Å²) in [6.07, 6.45) is 0. The van der Waals surface area contributed by atoms with Gasteiger partial charge in [0.15, 0.2) is 0 Å². The molecule has 0 aromatic heterocycles. The average molecular weight is 341 g/mol. The highest BCUT2D eigenvalue weighted by Crippen LogP contribution is 2.27. The molecule has 132 valence electrons. The predicted molar refractivity (Wildman–Crippen MR) is 97.1 cm³/mol. The number of rotatable bonds is 6. The monoisotopic (exact) mass is 341 g/mol. The Morgan fingerprint density at radius 1 is 1.12 bits per heavy atom. The van der Waals surface area contributed by atoms with Crippen molar-refractivity contribution < 1.29 is 19.4 Å². The van der Waals surface area contributed by atoms with Gasteiger partial charge in [-0.05, 0) is 56.2 Å². The zero-order chi connectivity index (χ0) is 18.6. The van der Waals surface area contributed by atoms with Gasteiger partial charge in [0, 0.05) is 5.69 Å². The molecule has 1 unspecified atom stereocenters. The Kier molecular flexibility index (Phi) is 5.47. The zero-order valence-corrected chi connectivity index (χ0v) is 14.9. The van der Waals surface area contributed by atoms with E-state index in [4.69, 9.17) is 9.84 Å². The maximum Gasteiger partial charge on any atom is 0.310 e. The second kappa shape index (κ2) is 7.38. The number of carbonyl (C=O) groups is 2. The van der Waals surface area contributed by atoms with Crippen molar-refractivity contribution in [2.45, 2.75) is 32.1 Å². The van der Waals surface area contributed by atoms with Crippen molar-refractivity contribution in [3.63, 3.8) is 0 Å².